The van der Waals surface area contributed by atoms with E-state index < -0.39 is 0 Å². The summed E-state index contributed by atoms with van der Waals surface area (Å²) in [4.78, 5) is 12.6. The molecule has 0 bridgehead atoms. The normalized spacial score (nSPS) is 33.0. The predicted molar refractivity (Wildman–Crippen MR) is 85.0 cm³/mol. The maximum atomic E-state index is 12.6. The summed E-state index contributed by atoms with van der Waals surface area (Å²) in [5.74, 6) is 2.86. The molecule has 4 atom stereocenters. The van der Waals surface area contributed by atoms with E-state index in [-0.39, 0.29) is 17.4 Å². The highest BCUT2D eigenvalue weighted by Crippen LogP contribution is 2.42. The third-order valence-electron chi connectivity index (χ3n) is 5.76. The summed E-state index contributed by atoms with van der Waals surface area (Å²) in [6.07, 6.45) is 10.8. The molecule has 2 aliphatic rings. The largest absolute Gasteiger partial charge is 0.351 e. The lowest BCUT2D eigenvalue weighted by molar-refractivity contribution is -0.129. The molecule has 2 aliphatic carbocycles. The number of halogens is 1. The Balaban J connectivity index is 1.89. The molecule has 3 heteroatoms. The van der Waals surface area contributed by atoms with Crippen LogP contribution >= 0.6 is 11.6 Å². The summed E-state index contributed by atoms with van der Waals surface area (Å²) in [7, 11) is 0. The first-order valence-electron chi connectivity index (χ1n) is 8.46. The average Bonchev–Trinajstić information content (AvgIpc) is 2.47. The summed E-state index contributed by atoms with van der Waals surface area (Å²) in [5.41, 5.74) is -0.123. The number of hydrogen-bond acceptors (Lipinski definition) is 1. The van der Waals surface area contributed by atoms with Crippen molar-refractivity contribution < 1.29 is 4.79 Å². The molecule has 1 amide bonds. The minimum Gasteiger partial charge on any atom is -0.351 e. The first-order chi connectivity index (χ1) is 9.58. The van der Waals surface area contributed by atoms with Crippen LogP contribution in [0.3, 0.4) is 0 Å². The fourth-order valence-electron chi connectivity index (χ4n) is 4.05. The van der Waals surface area contributed by atoms with Crippen molar-refractivity contribution >= 4 is 17.5 Å². The third-order valence-corrected chi connectivity index (χ3v) is 5.95. The zero-order valence-corrected chi connectivity index (χ0v) is 13.8. The monoisotopic (exact) mass is 299 g/mol. The molecule has 2 fully saturated rings. The van der Waals surface area contributed by atoms with Crippen molar-refractivity contribution in [1.82, 2.24) is 5.32 Å². The number of hydrogen-bond donors (Lipinski definition) is 1. The number of amides is 1. The molecule has 2 rings (SSSR count). The highest BCUT2D eigenvalue weighted by Gasteiger charge is 2.36. The molecular formula is C17H30ClNO. The van der Waals surface area contributed by atoms with E-state index in [9.17, 15) is 4.79 Å². The van der Waals surface area contributed by atoms with Gasteiger partial charge in [-0.05, 0) is 50.9 Å². The molecule has 4 unspecified atom stereocenters. The van der Waals surface area contributed by atoms with Gasteiger partial charge in [-0.25, -0.2) is 0 Å². The third kappa shape index (κ3) is 3.90. The molecule has 2 nitrogen and oxygen atoms in total. The van der Waals surface area contributed by atoms with Gasteiger partial charge in [-0.3, -0.25) is 4.79 Å². The van der Waals surface area contributed by atoms with Crippen molar-refractivity contribution in [2.75, 3.05) is 5.88 Å². The maximum absolute atomic E-state index is 12.6. The van der Waals surface area contributed by atoms with E-state index in [1.54, 1.807) is 0 Å². The van der Waals surface area contributed by atoms with E-state index in [0.717, 1.165) is 37.5 Å². The van der Waals surface area contributed by atoms with Gasteiger partial charge in [0.1, 0.15) is 0 Å². The Morgan fingerprint density at radius 3 is 2.55 bits per heavy atom. The number of alkyl halides is 1. The van der Waals surface area contributed by atoms with Crippen LogP contribution in [0.15, 0.2) is 0 Å². The molecule has 2 saturated carbocycles. The molecule has 1 N–H and O–H groups in total. The van der Waals surface area contributed by atoms with Crippen LogP contribution in [0.25, 0.3) is 0 Å². The van der Waals surface area contributed by atoms with Crippen molar-refractivity contribution in [3.63, 3.8) is 0 Å². The van der Waals surface area contributed by atoms with Gasteiger partial charge in [0.05, 0.1) is 0 Å². The van der Waals surface area contributed by atoms with Gasteiger partial charge < -0.3 is 5.32 Å². The second-order valence-corrected chi connectivity index (χ2v) is 7.54. The lowest BCUT2D eigenvalue weighted by Gasteiger charge is -2.40. The molecule has 0 aromatic heterocycles. The molecule has 0 spiro atoms. The second-order valence-electron chi connectivity index (χ2n) is 7.16. The fourth-order valence-corrected chi connectivity index (χ4v) is 4.46. The Morgan fingerprint density at radius 1 is 1.20 bits per heavy atom. The van der Waals surface area contributed by atoms with E-state index in [0.29, 0.717) is 5.88 Å². The fraction of sp³-hybridized carbons (Fsp3) is 0.941. The number of carbonyl (C=O) groups excluding carboxylic acids is 1. The molecule has 0 radical (unpaired) electrons. The SMILES string of the molecule is CCC(C)(CCCl)NC(=O)C1CCC2CCCCC2C1. The predicted octanol–water partition coefficient (Wildman–Crippen LogP) is 4.51. The quantitative estimate of drug-likeness (QED) is 0.744. The summed E-state index contributed by atoms with van der Waals surface area (Å²) in [6.45, 7) is 4.25. The van der Waals surface area contributed by atoms with Crippen LogP contribution in [0.2, 0.25) is 0 Å². The number of nitrogens with one attached hydrogen (secondary N) is 1. The summed E-state index contributed by atoms with van der Waals surface area (Å²) in [6, 6.07) is 0. The second kappa shape index (κ2) is 7.15. The van der Waals surface area contributed by atoms with E-state index in [1.165, 1.54) is 32.1 Å². The minimum atomic E-state index is -0.123. The number of carbonyl (C=O) groups is 1. The Bertz CT molecular complexity index is 333. The standard InChI is InChI=1S/C17H30ClNO/c1-3-17(2,10-11-18)19-16(20)15-9-8-13-6-4-5-7-14(13)12-15/h13-15H,3-12H2,1-2H3,(H,19,20). The van der Waals surface area contributed by atoms with Gasteiger partial charge in [0.15, 0.2) is 0 Å². The van der Waals surface area contributed by atoms with E-state index in [1.807, 2.05) is 0 Å². The van der Waals surface area contributed by atoms with Gasteiger partial charge >= 0.3 is 0 Å². The Hall–Kier alpha value is -0.240. The van der Waals surface area contributed by atoms with Gasteiger partial charge in [0.25, 0.3) is 0 Å². The van der Waals surface area contributed by atoms with Crippen LogP contribution in [-0.4, -0.2) is 17.3 Å². The van der Waals surface area contributed by atoms with Crippen LogP contribution in [0.4, 0.5) is 0 Å². The Kier molecular flexibility index (Phi) is 5.77. The summed E-state index contributed by atoms with van der Waals surface area (Å²) >= 11 is 5.87. The number of fused-ring (bicyclic) bond motifs is 1. The zero-order valence-electron chi connectivity index (χ0n) is 13.1. The van der Waals surface area contributed by atoms with Gasteiger partial charge in [-0.1, -0.05) is 32.6 Å². The molecule has 20 heavy (non-hydrogen) atoms. The summed E-state index contributed by atoms with van der Waals surface area (Å²) < 4.78 is 0. The highest BCUT2D eigenvalue weighted by molar-refractivity contribution is 6.17. The van der Waals surface area contributed by atoms with E-state index in [2.05, 4.69) is 19.2 Å². The smallest absolute Gasteiger partial charge is 0.223 e. The molecular weight excluding hydrogens is 270 g/mol. The molecule has 0 saturated heterocycles. The minimum absolute atomic E-state index is 0.123. The maximum Gasteiger partial charge on any atom is 0.223 e. The molecule has 0 aliphatic heterocycles. The van der Waals surface area contributed by atoms with Crippen molar-refractivity contribution in [3.8, 4) is 0 Å². The van der Waals surface area contributed by atoms with Gasteiger partial charge in [-0.15, -0.1) is 11.6 Å². The van der Waals surface area contributed by atoms with Crippen molar-refractivity contribution in [2.24, 2.45) is 17.8 Å². The average molecular weight is 300 g/mol. The Morgan fingerprint density at radius 2 is 1.90 bits per heavy atom. The van der Waals surface area contributed by atoms with Crippen molar-refractivity contribution in [3.05, 3.63) is 0 Å². The topological polar surface area (TPSA) is 29.1 Å². The molecule has 116 valence electrons. The van der Waals surface area contributed by atoms with Crippen LogP contribution in [-0.2, 0) is 4.79 Å². The van der Waals surface area contributed by atoms with Crippen LogP contribution in [0, 0.1) is 17.8 Å². The van der Waals surface area contributed by atoms with Gasteiger partial charge in [0.2, 0.25) is 5.91 Å². The first kappa shape index (κ1) is 16.1. The van der Waals surface area contributed by atoms with Gasteiger partial charge in [-0.2, -0.15) is 0 Å². The lowest BCUT2D eigenvalue weighted by atomic mass is 9.67. The molecule has 0 aromatic carbocycles. The van der Waals surface area contributed by atoms with Gasteiger partial charge in [0, 0.05) is 17.3 Å². The zero-order chi connectivity index (χ0) is 14.6. The first-order valence-corrected chi connectivity index (χ1v) is 8.99. The lowest BCUT2D eigenvalue weighted by Crippen LogP contribution is -2.49. The van der Waals surface area contributed by atoms with Crippen LogP contribution in [0.5, 0.6) is 0 Å². The Labute approximate surface area is 129 Å². The summed E-state index contributed by atoms with van der Waals surface area (Å²) in [5, 5.41) is 3.29. The number of rotatable bonds is 5. The molecule has 0 heterocycles. The molecule has 0 aromatic rings. The highest BCUT2D eigenvalue weighted by atomic mass is 35.5. The van der Waals surface area contributed by atoms with Crippen LogP contribution in [0.1, 0.15) is 71.6 Å². The van der Waals surface area contributed by atoms with E-state index in [4.69, 9.17) is 11.6 Å². The van der Waals surface area contributed by atoms with Crippen molar-refractivity contribution in [1.29, 1.82) is 0 Å². The van der Waals surface area contributed by atoms with E-state index >= 15 is 0 Å². The van der Waals surface area contributed by atoms with Crippen LogP contribution < -0.4 is 5.32 Å². The van der Waals surface area contributed by atoms with Crippen molar-refractivity contribution in [2.45, 2.75) is 77.2 Å².